The fourth-order valence-corrected chi connectivity index (χ4v) is 5.66. The zero-order chi connectivity index (χ0) is 30.2. The maximum absolute atomic E-state index is 14.3. The Bertz CT molecular complexity index is 1590. The van der Waals surface area contributed by atoms with Gasteiger partial charge >= 0.3 is 6.18 Å². The average Bonchev–Trinajstić information content (AvgIpc) is 3.39. The van der Waals surface area contributed by atoms with Crippen molar-refractivity contribution in [3.8, 4) is 22.8 Å². The summed E-state index contributed by atoms with van der Waals surface area (Å²) >= 11 is 0. The van der Waals surface area contributed by atoms with Gasteiger partial charge in [-0.2, -0.15) is 18.3 Å². The molecule has 0 saturated carbocycles. The number of aromatic nitrogens is 3. The molecule has 2 aromatic carbocycles. The number of fused-ring (bicyclic) bond motifs is 1. The predicted octanol–water partition coefficient (Wildman–Crippen LogP) is 4.62. The molecule has 0 aliphatic carbocycles. The minimum Gasteiger partial charge on any atom is -0.497 e. The van der Waals surface area contributed by atoms with E-state index in [-0.39, 0.29) is 41.2 Å². The first kappa shape index (κ1) is 29.3. The Kier molecular flexibility index (Phi) is 8.11. The molecule has 42 heavy (non-hydrogen) atoms. The van der Waals surface area contributed by atoms with E-state index in [0.29, 0.717) is 41.2 Å². The highest BCUT2D eigenvalue weighted by Crippen LogP contribution is 2.37. The van der Waals surface area contributed by atoms with Crippen LogP contribution in [0.15, 0.2) is 54.7 Å². The average molecular weight is 584 g/mol. The van der Waals surface area contributed by atoms with Crippen molar-refractivity contribution in [2.45, 2.75) is 32.1 Å². The van der Waals surface area contributed by atoms with Gasteiger partial charge in [-0.25, -0.2) is 9.50 Å². The summed E-state index contributed by atoms with van der Waals surface area (Å²) in [4.78, 5) is 22.1. The first-order chi connectivity index (χ1) is 20.1. The van der Waals surface area contributed by atoms with E-state index in [1.165, 1.54) is 14.0 Å². The molecule has 2 atom stereocenters. The molecule has 1 amide bonds. The van der Waals surface area contributed by atoms with Crippen LogP contribution in [0.3, 0.4) is 0 Å². The smallest absolute Gasteiger partial charge is 0.433 e. The van der Waals surface area contributed by atoms with Crippen LogP contribution < -0.4 is 9.47 Å². The van der Waals surface area contributed by atoms with Gasteiger partial charge in [0, 0.05) is 42.4 Å². The van der Waals surface area contributed by atoms with E-state index in [2.05, 4.69) is 15.0 Å². The highest BCUT2D eigenvalue weighted by Gasteiger charge is 2.40. The van der Waals surface area contributed by atoms with E-state index in [9.17, 15) is 23.1 Å². The number of alkyl halides is 3. The Morgan fingerprint density at radius 3 is 2.43 bits per heavy atom. The molecule has 222 valence electrons. The number of benzene rings is 2. The molecule has 1 aliphatic heterocycles. The molecule has 5 rings (SSSR count). The van der Waals surface area contributed by atoms with Gasteiger partial charge in [-0.3, -0.25) is 9.69 Å². The second-order valence-electron chi connectivity index (χ2n) is 10.2. The Balaban J connectivity index is 1.48. The van der Waals surface area contributed by atoms with Gasteiger partial charge < -0.3 is 19.5 Å². The number of carbonyl (C=O) groups is 1. The summed E-state index contributed by atoms with van der Waals surface area (Å²) in [6.07, 6.45) is -3.59. The summed E-state index contributed by atoms with van der Waals surface area (Å²) in [6.45, 7) is 4.24. The Hall–Kier alpha value is -4.16. The monoisotopic (exact) mass is 583 g/mol. The van der Waals surface area contributed by atoms with Crippen LogP contribution in [0.5, 0.6) is 11.5 Å². The number of halogens is 3. The lowest BCUT2D eigenvalue weighted by molar-refractivity contribution is -0.143. The van der Waals surface area contributed by atoms with Gasteiger partial charge in [0.15, 0.2) is 11.3 Å². The van der Waals surface area contributed by atoms with Crippen molar-refractivity contribution in [1.82, 2.24) is 24.4 Å². The summed E-state index contributed by atoms with van der Waals surface area (Å²) in [5, 5.41) is 14.2. The predicted molar refractivity (Wildman–Crippen MR) is 150 cm³/mol. The number of hydrogen-bond donors (Lipinski definition) is 1. The van der Waals surface area contributed by atoms with Crippen LogP contribution in [0.4, 0.5) is 13.2 Å². The standard InChI is InChI=1S/C30H32F3N5O4/c1-18-16-36(24(17-39)22-7-5-6-8-25(22)42-4)13-14-37(18)29(40)23-15-34-38-27(30(31,32)33)19(2)26(35-28(23)38)20-9-11-21(41-3)12-10-20/h5-12,15,18,24,39H,13-14,16-17H2,1-4H3/t18-,24-/m1/s1. The maximum Gasteiger partial charge on any atom is 0.433 e. The molecular formula is C30H32F3N5O4. The number of hydrogen-bond acceptors (Lipinski definition) is 7. The van der Waals surface area contributed by atoms with Crippen LogP contribution in [0, 0.1) is 6.92 Å². The van der Waals surface area contributed by atoms with E-state index < -0.39 is 17.8 Å². The quantitative estimate of drug-likeness (QED) is 0.340. The molecule has 0 unspecified atom stereocenters. The molecule has 1 saturated heterocycles. The van der Waals surface area contributed by atoms with E-state index in [1.807, 2.05) is 31.2 Å². The lowest BCUT2D eigenvalue weighted by Crippen LogP contribution is -2.55. The highest BCUT2D eigenvalue weighted by atomic mass is 19.4. The third-order valence-corrected chi connectivity index (χ3v) is 7.78. The van der Waals surface area contributed by atoms with Crippen molar-refractivity contribution < 1.29 is 32.5 Å². The van der Waals surface area contributed by atoms with Gasteiger partial charge in [0.2, 0.25) is 0 Å². The third kappa shape index (κ3) is 5.27. The minimum atomic E-state index is -4.74. The summed E-state index contributed by atoms with van der Waals surface area (Å²) in [7, 11) is 3.07. The van der Waals surface area contributed by atoms with Gasteiger partial charge in [-0.15, -0.1) is 0 Å². The van der Waals surface area contributed by atoms with Gasteiger partial charge in [-0.1, -0.05) is 18.2 Å². The molecule has 1 N–H and O–H groups in total. The van der Waals surface area contributed by atoms with Gasteiger partial charge in [-0.05, 0) is 44.2 Å². The number of ether oxygens (including phenoxy) is 2. The molecule has 0 spiro atoms. The molecule has 0 bridgehead atoms. The van der Waals surface area contributed by atoms with Crippen LogP contribution in [0.25, 0.3) is 16.9 Å². The molecule has 1 aliphatic rings. The van der Waals surface area contributed by atoms with Crippen LogP contribution in [0.2, 0.25) is 0 Å². The molecular weight excluding hydrogens is 551 g/mol. The fraction of sp³-hybridized carbons (Fsp3) is 0.367. The Morgan fingerprint density at radius 1 is 1.10 bits per heavy atom. The SMILES string of the molecule is COc1ccc(-c2nc3c(C(=O)N4CCN([C@H](CO)c5ccccc5OC)C[C@H]4C)cnn3c(C(F)(F)F)c2C)cc1. The second kappa shape index (κ2) is 11.6. The summed E-state index contributed by atoms with van der Waals surface area (Å²) in [5.41, 5.74) is 0.122. The van der Waals surface area contributed by atoms with E-state index in [4.69, 9.17) is 9.47 Å². The zero-order valence-corrected chi connectivity index (χ0v) is 23.7. The van der Waals surface area contributed by atoms with Crippen LogP contribution >= 0.6 is 0 Å². The van der Waals surface area contributed by atoms with Crippen molar-refractivity contribution in [3.63, 3.8) is 0 Å². The largest absolute Gasteiger partial charge is 0.497 e. The third-order valence-electron chi connectivity index (χ3n) is 7.78. The van der Waals surface area contributed by atoms with Gasteiger partial charge in [0.1, 0.15) is 17.1 Å². The Morgan fingerprint density at radius 2 is 1.81 bits per heavy atom. The molecule has 9 nitrogen and oxygen atoms in total. The number of nitrogens with zero attached hydrogens (tertiary/aromatic N) is 5. The van der Waals surface area contributed by atoms with Gasteiger partial charge in [0.25, 0.3) is 5.91 Å². The highest BCUT2D eigenvalue weighted by molar-refractivity contribution is 6.00. The van der Waals surface area contributed by atoms with Crippen LogP contribution in [-0.4, -0.2) is 81.9 Å². The van der Waals surface area contributed by atoms with Crippen LogP contribution in [-0.2, 0) is 6.18 Å². The number of para-hydroxylation sites is 1. The van der Waals surface area contributed by atoms with E-state index in [0.717, 1.165) is 11.8 Å². The number of carbonyl (C=O) groups excluding carboxylic acids is 1. The summed E-state index contributed by atoms with van der Waals surface area (Å²) in [6, 6.07) is 13.3. The number of methoxy groups -OCH3 is 2. The topological polar surface area (TPSA) is 92.4 Å². The van der Waals surface area contributed by atoms with Crippen LogP contribution in [0.1, 0.15) is 40.1 Å². The number of amides is 1. The number of aliphatic hydroxyl groups excluding tert-OH is 1. The molecule has 2 aromatic heterocycles. The molecule has 0 radical (unpaired) electrons. The summed E-state index contributed by atoms with van der Waals surface area (Å²) in [5.74, 6) is 0.750. The number of rotatable bonds is 7. The molecule has 12 heteroatoms. The molecule has 3 heterocycles. The van der Waals surface area contributed by atoms with Crippen molar-refractivity contribution in [3.05, 3.63) is 77.1 Å². The molecule has 4 aromatic rings. The second-order valence-corrected chi connectivity index (χ2v) is 10.2. The van der Waals surface area contributed by atoms with E-state index in [1.54, 1.807) is 36.3 Å². The zero-order valence-electron chi connectivity index (χ0n) is 23.7. The lowest BCUT2D eigenvalue weighted by atomic mass is 10.0. The minimum absolute atomic E-state index is 0.0148. The van der Waals surface area contributed by atoms with E-state index >= 15 is 0 Å². The lowest BCUT2D eigenvalue weighted by Gasteiger charge is -2.43. The first-order valence-corrected chi connectivity index (χ1v) is 13.5. The normalized spacial score (nSPS) is 17.0. The molecule has 1 fully saturated rings. The fourth-order valence-electron chi connectivity index (χ4n) is 5.66. The van der Waals surface area contributed by atoms with Crippen molar-refractivity contribution >= 4 is 11.6 Å². The first-order valence-electron chi connectivity index (χ1n) is 13.5. The number of aliphatic hydroxyl groups is 1. The van der Waals surface area contributed by atoms with Crippen molar-refractivity contribution in [1.29, 1.82) is 0 Å². The number of piperazine rings is 1. The maximum atomic E-state index is 14.3. The summed E-state index contributed by atoms with van der Waals surface area (Å²) < 4.78 is 54.4. The van der Waals surface area contributed by atoms with Gasteiger partial charge in [0.05, 0.1) is 38.8 Å². The van der Waals surface area contributed by atoms with Crippen molar-refractivity contribution in [2.75, 3.05) is 40.5 Å². The Labute approximate surface area is 241 Å². The van der Waals surface area contributed by atoms with Crippen molar-refractivity contribution in [2.24, 2.45) is 0 Å².